The highest BCUT2D eigenvalue weighted by molar-refractivity contribution is 5.71. The van der Waals surface area contributed by atoms with Gasteiger partial charge in [0.1, 0.15) is 13.2 Å². The predicted octanol–water partition coefficient (Wildman–Crippen LogP) is 9.60. The van der Waals surface area contributed by atoms with Gasteiger partial charge < -0.3 is 28.5 Å². The van der Waals surface area contributed by atoms with Crippen LogP contribution in [0.15, 0.2) is 72.9 Å². The molecule has 0 rings (SSSR count). The third-order valence-corrected chi connectivity index (χ3v) is 7.74. The highest BCUT2D eigenvalue weighted by atomic mass is 16.7. The molecule has 2 unspecified atom stereocenters. The zero-order valence-corrected chi connectivity index (χ0v) is 33.2. The summed E-state index contributed by atoms with van der Waals surface area (Å²) in [6, 6.07) is 0. The second-order valence-electron chi connectivity index (χ2n) is 13.9. The van der Waals surface area contributed by atoms with Crippen LogP contribution in [0.2, 0.25) is 0 Å². The van der Waals surface area contributed by atoms with Crippen molar-refractivity contribution in [3.63, 3.8) is 0 Å². The Morgan fingerprint density at radius 1 is 0.596 bits per heavy atom. The van der Waals surface area contributed by atoms with Crippen molar-refractivity contribution in [3.8, 4) is 0 Å². The van der Waals surface area contributed by atoms with Crippen LogP contribution in [0.5, 0.6) is 0 Å². The molecule has 0 saturated heterocycles. The van der Waals surface area contributed by atoms with Crippen LogP contribution in [0.3, 0.4) is 0 Å². The summed E-state index contributed by atoms with van der Waals surface area (Å²) in [4.78, 5) is 36.8. The number of carbonyl (C=O) groups excluding carboxylic acids is 2. The summed E-state index contributed by atoms with van der Waals surface area (Å²) in [5, 5.41) is 9.57. The van der Waals surface area contributed by atoms with Gasteiger partial charge in [-0.1, -0.05) is 132 Å². The Kier molecular flexibility index (Phi) is 32.6. The monoisotopic (exact) mass is 731 g/mol. The lowest BCUT2D eigenvalue weighted by atomic mass is 10.1. The Morgan fingerprint density at radius 2 is 1.10 bits per heavy atom. The van der Waals surface area contributed by atoms with Crippen LogP contribution in [0.1, 0.15) is 123 Å². The normalized spacial score (nSPS) is 13.8. The lowest BCUT2D eigenvalue weighted by molar-refractivity contribution is -0.870. The van der Waals surface area contributed by atoms with E-state index in [1.165, 1.54) is 32.1 Å². The molecule has 0 bridgehead atoms. The number of aliphatic carboxylic acids is 1. The molecule has 0 aliphatic rings. The van der Waals surface area contributed by atoms with Gasteiger partial charge in [0, 0.05) is 12.8 Å². The summed E-state index contributed by atoms with van der Waals surface area (Å²) in [6.45, 7) is 4.59. The molecule has 0 heterocycles. The molecule has 0 saturated carbocycles. The first-order valence-electron chi connectivity index (χ1n) is 19.6. The van der Waals surface area contributed by atoms with Crippen molar-refractivity contribution in [1.29, 1.82) is 0 Å². The van der Waals surface area contributed by atoms with Gasteiger partial charge in [0.05, 0.1) is 34.4 Å². The third-order valence-electron chi connectivity index (χ3n) is 7.74. The average molecular weight is 731 g/mol. The van der Waals surface area contributed by atoms with Crippen LogP contribution in [0, 0.1) is 0 Å². The van der Waals surface area contributed by atoms with E-state index in [4.69, 9.17) is 18.9 Å². The summed E-state index contributed by atoms with van der Waals surface area (Å²) in [5.74, 6) is -2.14. The first kappa shape index (κ1) is 48.7. The topological polar surface area (TPSA) is 108 Å². The van der Waals surface area contributed by atoms with E-state index in [9.17, 15) is 19.5 Å². The molecule has 9 heteroatoms. The maximum atomic E-state index is 12.6. The molecule has 1 N–H and O–H groups in total. The van der Waals surface area contributed by atoms with Crippen LogP contribution in [0.25, 0.3) is 0 Å². The first-order chi connectivity index (χ1) is 25.1. The minimum Gasteiger partial charge on any atom is -0.477 e. The lowest BCUT2D eigenvalue weighted by Gasteiger charge is -2.25. The number of nitrogens with zero attached hydrogens (tertiary/aromatic N) is 1. The van der Waals surface area contributed by atoms with E-state index < -0.39 is 24.3 Å². The second kappa shape index (κ2) is 34.8. The van der Waals surface area contributed by atoms with Gasteiger partial charge >= 0.3 is 17.9 Å². The molecule has 0 aliphatic heterocycles. The van der Waals surface area contributed by atoms with Gasteiger partial charge in [-0.3, -0.25) is 9.59 Å². The van der Waals surface area contributed by atoms with E-state index in [0.717, 1.165) is 57.8 Å². The minimum absolute atomic E-state index is 0.132. The van der Waals surface area contributed by atoms with E-state index in [-0.39, 0.29) is 38.6 Å². The molecular weight excluding hydrogens is 658 g/mol. The SMILES string of the molecule is CC/C=C\C/C=C\C/C=C\C/C=C\C/C=C\C/C=C\CCC(=O)OC(COC(=O)CCCCCCCCCC)COC(OCC[N+](C)(C)C)C(=O)O. The molecule has 52 heavy (non-hydrogen) atoms. The number of esters is 2. The number of likely N-dealkylation sites (N-methyl/N-ethyl adjacent to an activating group) is 1. The quantitative estimate of drug-likeness (QED) is 0.0229. The summed E-state index contributed by atoms with van der Waals surface area (Å²) < 4.78 is 22.5. The average Bonchev–Trinajstić information content (AvgIpc) is 3.09. The van der Waals surface area contributed by atoms with Crippen molar-refractivity contribution in [1.82, 2.24) is 0 Å². The Labute approximate surface area is 316 Å². The van der Waals surface area contributed by atoms with Crippen molar-refractivity contribution < 1.29 is 42.9 Å². The van der Waals surface area contributed by atoms with Crippen LogP contribution in [0.4, 0.5) is 0 Å². The molecule has 0 spiro atoms. The van der Waals surface area contributed by atoms with Crippen LogP contribution in [-0.2, 0) is 33.3 Å². The van der Waals surface area contributed by atoms with Crippen molar-refractivity contribution in [3.05, 3.63) is 72.9 Å². The molecule has 0 radical (unpaired) electrons. The van der Waals surface area contributed by atoms with Crippen molar-refractivity contribution in [2.24, 2.45) is 0 Å². The van der Waals surface area contributed by atoms with Gasteiger partial charge in [-0.05, 0) is 51.4 Å². The molecular formula is C43H72NO8+. The molecule has 0 aromatic carbocycles. The van der Waals surface area contributed by atoms with Gasteiger partial charge in [0.25, 0.3) is 6.29 Å². The van der Waals surface area contributed by atoms with Crippen molar-refractivity contribution in [2.45, 2.75) is 135 Å². The van der Waals surface area contributed by atoms with E-state index in [1.807, 2.05) is 33.3 Å². The number of hydrogen-bond donors (Lipinski definition) is 1. The first-order valence-corrected chi connectivity index (χ1v) is 19.6. The third kappa shape index (κ3) is 35.1. The number of ether oxygens (including phenoxy) is 4. The highest BCUT2D eigenvalue weighted by Gasteiger charge is 2.25. The van der Waals surface area contributed by atoms with E-state index in [0.29, 0.717) is 17.4 Å². The van der Waals surface area contributed by atoms with Crippen LogP contribution >= 0.6 is 0 Å². The number of hydrogen-bond acceptors (Lipinski definition) is 7. The van der Waals surface area contributed by atoms with Gasteiger partial charge in [-0.25, -0.2) is 4.79 Å². The number of carboxylic acid groups (broad SMARTS) is 1. The number of quaternary nitrogens is 1. The molecule has 2 atom stereocenters. The smallest absolute Gasteiger partial charge is 0.361 e. The molecule has 0 aromatic rings. The zero-order valence-electron chi connectivity index (χ0n) is 33.2. The molecule has 0 aromatic heterocycles. The fraction of sp³-hybridized carbons (Fsp3) is 0.651. The van der Waals surface area contributed by atoms with Gasteiger partial charge in [0.2, 0.25) is 0 Å². The van der Waals surface area contributed by atoms with E-state index >= 15 is 0 Å². The zero-order chi connectivity index (χ0) is 38.5. The van der Waals surface area contributed by atoms with E-state index in [2.05, 4.69) is 74.6 Å². The van der Waals surface area contributed by atoms with Gasteiger partial charge in [-0.2, -0.15) is 0 Å². The maximum absolute atomic E-state index is 12.6. The molecule has 0 amide bonds. The summed E-state index contributed by atoms with van der Waals surface area (Å²) in [7, 11) is 5.91. The van der Waals surface area contributed by atoms with Crippen LogP contribution in [-0.4, -0.2) is 87.4 Å². The largest absolute Gasteiger partial charge is 0.477 e. The standard InChI is InChI=1S/C43H71NO8/c1-6-8-10-12-14-16-17-18-19-20-21-22-23-24-25-26-28-30-32-34-41(46)52-39(38-51-43(42(47)48)49-36-35-44(3,4)5)37-50-40(45)33-31-29-27-15-13-11-9-7-2/h8,10,14,16,18-19,21-22,24-25,28,30,39,43H,6-7,9,11-13,15,17,20,23,26-27,29,31-38H2,1-5H3/p+1/b10-8-,16-14-,19-18-,22-21-,25-24-,30-28-. The Morgan fingerprint density at radius 3 is 1.60 bits per heavy atom. The van der Waals surface area contributed by atoms with Gasteiger partial charge in [-0.15, -0.1) is 0 Å². The maximum Gasteiger partial charge on any atom is 0.361 e. The fourth-order valence-corrected chi connectivity index (χ4v) is 4.68. The molecule has 9 nitrogen and oxygen atoms in total. The Hall–Kier alpha value is -3.27. The Balaban J connectivity index is 4.63. The predicted molar refractivity (Wildman–Crippen MR) is 212 cm³/mol. The summed E-state index contributed by atoms with van der Waals surface area (Å²) >= 11 is 0. The molecule has 0 aliphatic carbocycles. The highest BCUT2D eigenvalue weighted by Crippen LogP contribution is 2.11. The van der Waals surface area contributed by atoms with Gasteiger partial charge in [0.15, 0.2) is 6.10 Å². The number of allylic oxidation sites excluding steroid dienone is 12. The number of carbonyl (C=O) groups is 3. The number of rotatable bonds is 34. The minimum atomic E-state index is -1.53. The second-order valence-corrected chi connectivity index (χ2v) is 13.9. The van der Waals surface area contributed by atoms with Crippen LogP contribution < -0.4 is 0 Å². The number of unbranched alkanes of at least 4 members (excludes halogenated alkanes) is 7. The van der Waals surface area contributed by atoms with Crippen molar-refractivity contribution in [2.75, 3.05) is 47.5 Å². The molecule has 0 fully saturated rings. The number of carboxylic acids is 1. The van der Waals surface area contributed by atoms with E-state index in [1.54, 1.807) is 0 Å². The lowest BCUT2D eigenvalue weighted by Crippen LogP contribution is -2.40. The van der Waals surface area contributed by atoms with Crippen molar-refractivity contribution >= 4 is 17.9 Å². The summed E-state index contributed by atoms with van der Waals surface area (Å²) in [6.07, 6.45) is 38.5. The Bertz CT molecular complexity index is 1080. The fourth-order valence-electron chi connectivity index (χ4n) is 4.68. The summed E-state index contributed by atoms with van der Waals surface area (Å²) in [5.41, 5.74) is 0. The molecule has 296 valence electrons.